The molecule has 0 atom stereocenters. The molecule has 1 N–H and O–H groups in total. The first kappa shape index (κ1) is 18.3. The molecule has 4 rings (SSSR count). The fourth-order valence-corrected chi connectivity index (χ4v) is 3.62. The highest BCUT2D eigenvalue weighted by Gasteiger charge is 2.12. The molecule has 140 valence electrons. The Bertz CT molecular complexity index is 1090. The van der Waals surface area contributed by atoms with E-state index in [0.29, 0.717) is 12.4 Å². The quantitative estimate of drug-likeness (QED) is 0.385. The molecule has 2 aromatic heterocycles. The number of aromatic nitrogens is 2. The van der Waals surface area contributed by atoms with Gasteiger partial charge in [0.1, 0.15) is 10.8 Å². The number of carbonyl (C=O) groups is 1. The van der Waals surface area contributed by atoms with Crippen molar-refractivity contribution >= 4 is 28.6 Å². The molecular formula is C22H19N3O2S. The Morgan fingerprint density at radius 3 is 2.64 bits per heavy atom. The van der Waals surface area contributed by atoms with Gasteiger partial charge in [-0.25, -0.2) is 9.97 Å². The Hall–Kier alpha value is -3.12. The number of hydrogen-bond acceptors (Lipinski definition) is 5. The van der Waals surface area contributed by atoms with Crippen LogP contribution in [-0.2, 0) is 11.3 Å². The normalized spacial score (nSPS) is 10.9. The third kappa shape index (κ3) is 4.23. The molecule has 5 nitrogen and oxygen atoms in total. The highest BCUT2D eigenvalue weighted by atomic mass is 32.2. The molecule has 28 heavy (non-hydrogen) atoms. The van der Waals surface area contributed by atoms with Gasteiger partial charge in [-0.3, -0.25) is 4.79 Å². The van der Waals surface area contributed by atoms with Crippen LogP contribution in [0.2, 0.25) is 0 Å². The zero-order valence-electron chi connectivity index (χ0n) is 15.4. The Morgan fingerprint density at radius 2 is 1.86 bits per heavy atom. The largest absolute Gasteiger partial charge is 0.467 e. The molecule has 0 aliphatic rings. The molecule has 2 aromatic carbocycles. The predicted octanol–water partition coefficient (Wildman–Crippen LogP) is 4.61. The topological polar surface area (TPSA) is 68.0 Å². The summed E-state index contributed by atoms with van der Waals surface area (Å²) in [4.78, 5) is 21.7. The van der Waals surface area contributed by atoms with Crippen molar-refractivity contribution in [3.63, 3.8) is 0 Å². The van der Waals surface area contributed by atoms with E-state index >= 15 is 0 Å². The van der Waals surface area contributed by atoms with Crippen LogP contribution in [0.25, 0.3) is 22.3 Å². The van der Waals surface area contributed by atoms with Gasteiger partial charge in [-0.2, -0.15) is 0 Å². The minimum atomic E-state index is -0.0685. The molecular weight excluding hydrogens is 370 g/mol. The Kier molecular flexibility index (Phi) is 5.39. The number of para-hydroxylation sites is 1. The minimum absolute atomic E-state index is 0.0685. The number of nitrogens with zero attached hydrogens (tertiary/aromatic N) is 2. The fraction of sp³-hybridized carbons (Fsp3) is 0.136. The number of nitrogens with one attached hydrogen (secondary N) is 1. The van der Waals surface area contributed by atoms with E-state index in [-0.39, 0.29) is 11.7 Å². The number of furan rings is 1. The molecule has 6 heteroatoms. The standard InChI is InChI=1S/C22H19N3O2S/c1-15-8-10-16(11-9-15)21-24-19-7-3-2-6-18(19)22(25-21)28-14-20(26)23-13-17-5-4-12-27-17/h2-12H,13-14H2,1H3,(H,23,26). The summed E-state index contributed by atoms with van der Waals surface area (Å²) in [7, 11) is 0. The average molecular weight is 389 g/mol. The third-order valence-corrected chi connectivity index (χ3v) is 5.25. The zero-order chi connectivity index (χ0) is 19.3. The summed E-state index contributed by atoms with van der Waals surface area (Å²) in [5.74, 6) is 1.60. The molecule has 2 heterocycles. The van der Waals surface area contributed by atoms with Gasteiger partial charge in [0.2, 0.25) is 5.91 Å². The van der Waals surface area contributed by atoms with E-state index in [4.69, 9.17) is 14.4 Å². The smallest absolute Gasteiger partial charge is 0.230 e. The van der Waals surface area contributed by atoms with Crippen molar-refractivity contribution in [3.8, 4) is 11.4 Å². The number of benzene rings is 2. The molecule has 0 bridgehead atoms. The SMILES string of the molecule is Cc1ccc(-c2nc(SCC(=O)NCc3ccco3)c3ccccc3n2)cc1. The highest BCUT2D eigenvalue weighted by molar-refractivity contribution is 8.00. The predicted molar refractivity (Wildman–Crippen MR) is 111 cm³/mol. The first-order valence-electron chi connectivity index (χ1n) is 8.95. The molecule has 0 saturated carbocycles. The van der Waals surface area contributed by atoms with Gasteiger partial charge in [-0.15, -0.1) is 0 Å². The van der Waals surface area contributed by atoms with Gasteiger partial charge in [-0.05, 0) is 25.1 Å². The lowest BCUT2D eigenvalue weighted by Gasteiger charge is -2.09. The van der Waals surface area contributed by atoms with Crippen molar-refractivity contribution in [3.05, 3.63) is 78.3 Å². The fourth-order valence-electron chi connectivity index (χ4n) is 2.77. The summed E-state index contributed by atoms with van der Waals surface area (Å²) >= 11 is 1.41. The maximum absolute atomic E-state index is 12.2. The number of rotatable bonds is 6. The van der Waals surface area contributed by atoms with Crippen LogP contribution in [0.1, 0.15) is 11.3 Å². The Morgan fingerprint density at radius 1 is 1.04 bits per heavy atom. The first-order valence-corrected chi connectivity index (χ1v) is 9.93. The van der Waals surface area contributed by atoms with Crippen molar-refractivity contribution in [2.45, 2.75) is 18.5 Å². The van der Waals surface area contributed by atoms with E-state index in [1.165, 1.54) is 17.3 Å². The van der Waals surface area contributed by atoms with Crippen LogP contribution in [0.3, 0.4) is 0 Å². The van der Waals surface area contributed by atoms with Crippen LogP contribution in [0.4, 0.5) is 0 Å². The van der Waals surface area contributed by atoms with Crippen LogP contribution < -0.4 is 5.32 Å². The van der Waals surface area contributed by atoms with Crippen LogP contribution in [0, 0.1) is 6.92 Å². The van der Waals surface area contributed by atoms with Crippen molar-refractivity contribution in [1.82, 2.24) is 15.3 Å². The maximum Gasteiger partial charge on any atom is 0.230 e. The molecule has 0 aliphatic carbocycles. The summed E-state index contributed by atoms with van der Waals surface area (Å²) in [6.45, 7) is 2.43. The summed E-state index contributed by atoms with van der Waals surface area (Å²) in [5, 5.41) is 4.61. The van der Waals surface area contributed by atoms with Crippen molar-refractivity contribution in [2.75, 3.05) is 5.75 Å². The average Bonchev–Trinajstić information content (AvgIpc) is 3.24. The monoisotopic (exact) mass is 389 g/mol. The Labute approximate surface area is 167 Å². The van der Waals surface area contributed by atoms with Crippen LogP contribution >= 0.6 is 11.8 Å². The van der Waals surface area contributed by atoms with Gasteiger partial charge in [0.25, 0.3) is 0 Å². The lowest BCUT2D eigenvalue weighted by atomic mass is 10.1. The van der Waals surface area contributed by atoms with Gasteiger partial charge < -0.3 is 9.73 Å². The van der Waals surface area contributed by atoms with E-state index < -0.39 is 0 Å². The van der Waals surface area contributed by atoms with E-state index in [9.17, 15) is 4.79 Å². The molecule has 0 saturated heterocycles. The number of carbonyl (C=O) groups excluding carboxylic acids is 1. The molecule has 4 aromatic rings. The van der Waals surface area contributed by atoms with Gasteiger partial charge in [0, 0.05) is 10.9 Å². The molecule has 0 spiro atoms. The summed E-state index contributed by atoms with van der Waals surface area (Å²) in [6.07, 6.45) is 1.59. The van der Waals surface area contributed by atoms with Crippen LogP contribution in [-0.4, -0.2) is 21.6 Å². The molecule has 0 radical (unpaired) electrons. The molecule has 0 aliphatic heterocycles. The van der Waals surface area contributed by atoms with Gasteiger partial charge in [-0.1, -0.05) is 59.8 Å². The number of aryl methyl sites for hydroxylation is 1. The van der Waals surface area contributed by atoms with Gasteiger partial charge in [0.05, 0.1) is 24.1 Å². The number of amides is 1. The van der Waals surface area contributed by atoms with Crippen molar-refractivity contribution in [1.29, 1.82) is 0 Å². The van der Waals surface area contributed by atoms with Crippen LogP contribution in [0.5, 0.6) is 0 Å². The van der Waals surface area contributed by atoms with Crippen molar-refractivity contribution in [2.24, 2.45) is 0 Å². The summed E-state index contributed by atoms with van der Waals surface area (Å²) in [6, 6.07) is 19.6. The second-order valence-electron chi connectivity index (χ2n) is 6.38. The molecule has 0 unspecified atom stereocenters. The number of hydrogen-bond donors (Lipinski definition) is 1. The molecule has 0 fully saturated rings. The number of fused-ring (bicyclic) bond motifs is 1. The first-order chi connectivity index (χ1) is 13.7. The maximum atomic E-state index is 12.2. The Balaban J connectivity index is 1.55. The second kappa shape index (κ2) is 8.27. The highest BCUT2D eigenvalue weighted by Crippen LogP contribution is 2.28. The van der Waals surface area contributed by atoms with E-state index in [0.717, 1.165) is 27.3 Å². The minimum Gasteiger partial charge on any atom is -0.467 e. The van der Waals surface area contributed by atoms with Gasteiger partial charge in [0.15, 0.2) is 5.82 Å². The lowest BCUT2D eigenvalue weighted by molar-refractivity contribution is -0.118. The third-order valence-electron chi connectivity index (χ3n) is 4.26. The van der Waals surface area contributed by atoms with E-state index in [2.05, 4.69) is 5.32 Å². The van der Waals surface area contributed by atoms with Crippen LogP contribution in [0.15, 0.2) is 76.4 Å². The molecule has 1 amide bonds. The zero-order valence-corrected chi connectivity index (χ0v) is 16.2. The van der Waals surface area contributed by atoms with Gasteiger partial charge >= 0.3 is 0 Å². The lowest BCUT2D eigenvalue weighted by Crippen LogP contribution is -2.24. The number of thioether (sulfide) groups is 1. The van der Waals surface area contributed by atoms with E-state index in [1.807, 2.05) is 61.5 Å². The van der Waals surface area contributed by atoms with Crippen molar-refractivity contribution < 1.29 is 9.21 Å². The summed E-state index contributed by atoms with van der Waals surface area (Å²) in [5.41, 5.74) is 3.01. The second-order valence-corrected chi connectivity index (χ2v) is 7.34. The van der Waals surface area contributed by atoms with E-state index in [1.54, 1.807) is 12.3 Å². The summed E-state index contributed by atoms with van der Waals surface area (Å²) < 4.78 is 5.24.